The Labute approximate surface area is 664 Å². The highest BCUT2D eigenvalue weighted by Gasteiger charge is 2.19. The number of halogens is 8. The van der Waals surface area contributed by atoms with E-state index in [0.717, 1.165) is 86.9 Å². The first-order valence-corrected chi connectivity index (χ1v) is 40.5. The van der Waals surface area contributed by atoms with Gasteiger partial charge in [0.05, 0.1) is 33.1 Å². The monoisotopic (exact) mass is 1580 g/mol. The van der Waals surface area contributed by atoms with Crippen molar-refractivity contribution in [2.75, 3.05) is 21.3 Å². The molecule has 5 amide bonds. The fourth-order valence-corrected chi connectivity index (χ4v) is 14.9. The molecule has 10 nitrogen and oxygen atoms in total. The van der Waals surface area contributed by atoms with Crippen LogP contribution in [0.2, 0.25) is 0 Å². The van der Waals surface area contributed by atoms with Gasteiger partial charge in [-0.15, -0.1) is 34.0 Å². The summed E-state index contributed by atoms with van der Waals surface area (Å²) < 4.78 is 113. The van der Waals surface area contributed by atoms with Gasteiger partial charge in [0.15, 0.2) is 0 Å². The Balaban J connectivity index is 0.000000172. The summed E-state index contributed by atoms with van der Waals surface area (Å²) in [6.07, 6.45) is 27.3. The molecule has 12 rings (SSSR count). The van der Waals surface area contributed by atoms with Crippen molar-refractivity contribution in [1.29, 1.82) is 0 Å². The molecular formula is C91H95F8N7O3S3. The number of carbonyl (C=O) groups excluding carboxylic acids is 3. The molecule has 586 valence electrons. The number of hydrogen-bond donors (Lipinski definition) is 5. The van der Waals surface area contributed by atoms with Gasteiger partial charge in [-0.3, -0.25) is 10.1 Å². The molecule has 0 bridgehead atoms. The molecule has 8 aromatic carbocycles. The maximum atomic E-state index is 14.6. The van der Waals surface area contributed by atoms with E-state index in [4.69, 9.17) is 0 Å². The first-order valence-electron chi connectivity index (χ1n) is 38.1. The highest BCUT2D eigenvalue weighted by atomic mass is 32.1. The number of allylic oxidation sites excluding steroid dienone is 3. The molecule has 0 spiro atoms. The van der Waals surface area contributed by atoms with Gasteiger partial charge in [-0.2, -0.15) is 0 Å². The number of anilines is 4. The second-order valence-electron chi connectivity index (χ2n) is 27.6. The summed E-state index contributed by atoms with van der Waals surface area (Å²) in [7, 11) is 0. The van der Waals surface area contributed by atoms with Gasteiger partial charge in [0, 0.05) is 33.6 Å². The number of nitrogens with zero attached hydrogens (tertiary/aromatic N) is 2. The van der Waals surface area contributed by atoms with Crippen LogP contribution in [0.15, 0.2) is 194 Å². The van der Waals surface area contributed by atoms with Crippen molar-refractivity contribution in [3.8, 4) is 55.1 Å². The van der Waals surface area contributed by atoms with E-state index in [2.05, 4.69) is 70.3 Å². The lowest BCUT2D eigenvalue weighted by Gasteiger charge is -2.11. The molecular weight excluding hydrogens is 1490 g/mol. The van der Waals surface area contributed by atoms with E-state index >= 15 is 0 Å². The Morgan fingerprint density at radius 1 is 0.357 bits per heavy atom. The predicted molar refractivity (Wildman–Crippen MR) is 446 cm³/mol. The first kappa shape index (κ1) is 85.6. The van der Waals surface area contributed by atoms with Crippen LogP contribution in [-0.2, 0) is 19.3 Å². The van der Waals surface area contributed by atoms with Crippen molar-refractivity contribution in [3.63, 3.8) is 0 Å². The lowest BCUT2D eigenvalue weighted by atomic mass is 10.0. The summed E-state index contributed by atoms with van der Waals surface area (Å²) in [6.45, 7) is 15.4. The number of rotatable bonds is 28. The Hall–Kier alpha value is -10.4. The molecule has 3 heterocycles. The number of nitrogens with one attached hydrogen (secondary N) is 5. The largest absolute Gasteiger partial charge is 0.324 e. The summed E-state index contributed by atoms with van der Waals surface area (Å²) in [5.74, 6) is -3.84. The fourth-order valence-electron chi connectivity index (χ4n) is 12.1. The van der Waals surface area contributed by atoms with E-state index in [9.17, 15) is 49.5 Å². The summed E-state index contributed by atoms with van der Waals surface area (Å²) >= 11 is 4.48. The van der Waals surface area contributed by atoms with E-state index in [1.807, 2.05) is 36.5 Å². The quantitative estimate of drug-likeness (QED) is 0.0246. The average molecular weight is 1580 g/mol. The van der Waals surface area contributed by atoms with E-state index in [0.29, 0.717) is 81.8 Å². The van der Waals surface area contributed by atoms with Crippen molar-refractivity contribution in [2.24, 2.45) is 0 Å². The minimum Gasteiger partial charge on any atom is -0.313 e. The molecule has 21 heteroatoms. The lowest BCUT2D eigenvalue weighted by Crippen LogP contribution is -2.28. The molecule has 0 atom stereocenters. The van der Waals surface area contributed by atoms with Crippen molar-refractivity contribution < 1.29 is 49.5 Å². The van der Waals surface area contributed by atoms with E-state index in [1.165, 1.54) is 150 Å². The fraction of sp³-hybridized carbons (Fsp3) is 0.286. The number of hydrogen-bond acceptors (Lipinski definition) is 8. The van der Waals surface area contributed by atoms with E-state index in [1.54, 1.807) is 112 Å². The Morgan fingerprint density at radius 2 is 0.821 bits per heavy atom. The Morgan fingerprint density at radius 3 is 1.35 bits per heavy atom. The maximum Gasteiger partial charge on any atom is 0.324 e. The van der Waals surface area contributed by atoms with Crippen LogP contribution in [-0.4, -0.2) is 27.9 Å². The molecule has 11 aromatic rings. The third-order valence-electron chi connectivity index (χ3n) is 18.7. The molecule has 1 aliphatic rings. The van der Waals surface area contributed by atoms with Gasteiger partial charge >= 0.3 is 12.1 Å². The summed E-state index contributed by atoms with van der Waals surface area (Å²) in [5.41, 5.74) is 9.78. The third-order valence-corrected chi connectivity index (χ3v) is 21.8. The van der Waals surface area contributed by atoms with Crippen LogP contribution in [0.5, 0.6) is 0 Å². The predicted octanol–water partition coefficient (Wildman–Crippen LogP) is 27.8. The smallest absolute Gasteiger partial charge is 0.313 e. The zero-order valence-corrected chi connectivity index (χ0v) is 66.9. The topological polar surface area (TPSA) is 137 Å². The normalized spacial score (nSPS) is 11.5. The highest BCUT2D eigenvalue weighted by molar-refractivity contribution is 7.16. The van der Waals surface area contributed by atoms with Crippen molar-refractivity contribution in [1.82, 2.24) is 15.3 Å². The first-order chi connectivity index (χ1) is 54.0. The third kappa shape index (κ3) is 25.6. The van der Waals surface area contributed by atoms with Gasteiger partial charge in [0.25, 0.3) is 5.91 Å². The van der Waals surface area contributed by atoms with Crippen LogP contribution in [0.25, 0.3) is 55.1 Å². The number of unbranched alkanes of at least 4 members (excludes halogenated alkanes) is 9. The Kier molecular flexibility index (Phi) is 32.8. The van der Waals surface area contributed by atoms with Crippen LogP contribution in [0.1, 0.15) is 171 Å². The molecule has 0 radical (unpaired) electrons. The summed E-state index contributed by atoms with van der Waals surface area (Å²) in [6, 6.07) is 40.2. The molecule has 0 saturated carbocycles. The number of urea groups is 2. The van der Waals surface area contributed by atoms with Crippen molar-refractivity contribution in [3.05, 3.63) is 283 Å². The second-order valence-corrected chi connectivity index (χ2v) is 31.0. The number of thiazole rings is 2. The number of thiophene rings is 1. The van der Waals surface area contributed by atoms with Gasteiger partial charge in [-0.1, -0.05) is 164 Å². The number of benzene rings is 8. The molecule has 0 fully saturated rings. The van der Waals surface area contributed by atoms with Crippen LogP contribution in [0.3, 0.4) is 0 Å². The molecule has 0 saturated heterocycles. The highest BCUT2D eigenvalue weighted by Crippen LogP contribution is 2.35. The molecule has 0 unspecified atom stereocenters. The van der Waals surface area contributed by atoms with Gasteiger partial charge in [0.1, 0.15) is 56.5 Å². The van der Waals surface area contributed by atoms with Crippen molar-refractivity contribution in [2.45, 2.75) is 171 Å². The van der Waals surface area contributed by atoms with Crippen LogP contribution in [0.4, 0.5) is 66.1 Å². The lowest BCUT2D eigenvalue weighted by molar-refractivity contribution is 0.102. The summed E-state index contributed by atoms with van der Waals surface area (Å²) in [4.78, 5) is 48.0. The van der Waals surface area contributed by atoms with Gasteiger partial charge in [0.2, 0.25) is 0 Å². The second kappa shape index (κ2) is 42.9. The SMILES string of the molecule is CCCCCCC1=CC=C(NC(=O)Nc2ccc(-c3ccc(F)c(C)c3)cc2F)C1.CCCCCc1ccc(NC(=O)c2ccc(-c3ccc(C)c(F)c3)cc2F)s1.CCCCCc1cnc(-c2ccc(-c3ccc(C)c(F)c3)cc2F)s1.CCCCCc1ncc(NC(=O)Nc2ccc(-c3ccc(C)c(F)c3)cc2F)s1. The summed E-state index contributed by atoms with van der Waals surface area (Å²) in [5, 5.41) is 16.3. The standard InChI is InChI=1S/C25H28F2N2O.C23H23F2NOS.C22H23F2N3OS.C21H21F2NS/c1-3-4-5-6-7-18-8-11-21(15-18)28-25(30)29-24-13-10-20(16-23(24)27)19-9-12-22(26)17(2)14-19;1-3-4-5-6-18-10-12-22(28-18)26-23(27)19-11-9-17(14-21(19)25)16-8-7-15(2)20(24)13-16;1-3-4-5-6-20-25-13-21(29-20)27-22(28)26-19-10-9-16(12-18(19)24)15-8-7-14(2)17(23)11-15;1-3-4-5-6-17-13-24-21(25-17)18-10-9-16(12-20(18)23)15-8-7-14(2)19(22)11-15/h8-14,16H,3-7,15H2,1-2H3,(H2,28,29,30);7-14H,3-6H2,1-2H3,(H,26,27);7-13H,3-6H2,1-2H3,(H2,26,27,28);7-13H,3-6H2,1-2H3. The molecule has 0 aliphatic heterocycles. The molecule has 112 heavy (non-hydrogen) atoms. The minimum absolute atomic E-state index is 0.0303. The Bertz CT molecular complexity index is 5090. The van der Waals surface area contributed by atoms with Gasteiger partial charge in [-0.25, -0.2) is 54.7 Å². The number of aryl methyl sites for hydroxylation is 7. The van der Waals surface area contributed by atoms with Gasteiger partial charge < -0.3 is 21.3 Å². The maximum absolute atomic E-state index is 14.6. The number of aromatic nitrogens is 2. The van der Waals surface area contributed by atoms with Crippen LogP contribution >= 0.6 is 34.0 Å². The van der Waals surface area contributed by atoms with Gasteiger partial charge in [-0.05, 0) is 243 Å². The van der Waals surface area contributed by atoms with Crippen LogP contribution in [0, 0.1) is 74.2 Å². The van der Waals surface area contributed by atoms with E-state index < -0.39 is 35.4 Å². The number of carbonyl (C=O) groups is 3. The molecule has 1 aliphatic carbocycles. The average Bonchev–Trinajstić information content (AvgIpc) is 1.70. The zero-order valence-electron chi connectivity index (χ0n) is 64.4. The molecule has 5 N–H and O–H groups in total. The zero-order chi connectivity index (χ0) is 80.2. The van der Waals surface area contributed by atoms with Crippen molar-refractivity contribution >= 4 is 73.4 Å². The van der Waals surface area contributed by atoms with Crippen LogP contribution < -0.4 is 26.6 Å². The molecule has 3 aromatic heterocycles. The number of amides is 5. The van der Waals surface area contributed by atoms with E-state index in [-0.39, 0.29) is 46.0 Å². The minimum atomic E-state index is -0.629.